The first-order valence-electron chi connectivity index (χ1n) is 8.06. The summed E-state index contributed by atoms with van der Waals surface area (Å²) in [7, 11) is 0. The number of ether oxygens (including phenoxy) is 1. The number of rotatable bonds is 6. The number of piperidine rings is 1. The van der Waals surface area contributed by atoms with E-state index < -0.39 is 6.10 Å². The van der Waals surface area contributed by atoms with E-state index in [1.54, 1.807) is 0 Å². The van der Waals surface area contributed by atoms with Crippen LogP contribution in [0.2, 0.25) is 0 Å². The first kappa shape index (κ1) is 16.5. The maximum absolute atomic E-state index is 10.1. The predicted molar refractivity (Wildman–Crippen MR) is 86.2 cm³/mol. The Morgan fingerprint density at radius 2 is 1.81 bits per heavy atom. The Bertz CT molecular complexity index is 408. The lowest BCUT2D eigenvalue weighted by atomic mass is 9.92. The van der Waals surface area contributed by atoms with Crippen LogP contribution in [-0.4, -0.2) is 42.4 Å². The monoisotopic (exact) mass is 291 g/mol. The molecule has 3 heteroatoms. The molecule has 2 rings (SSSR count). The molecular formula is C18H29NO2. The standard InChI is InChI=1S/C18H29NO2/c1-14-4-6-17(7-5-14)12-21-13-18(20)11-19-9-15(2)8-16(3)10-19/h4-7,15-16,18,20H,8-13H2,1-3H3. The number of likely N-dealkylation sites (tertiary alicyclic amines) is 1. The van der Waals surface area contributed by atoms with E-state index >= 15 is 0 Å². The number of benzene rings is 1. The smallest absolute Gasteiger partial charge is 0.0900 e. The van der Waals surface area contributed by atoms with E-state index in [4.69, 9.17) is 4.74 Å². The zero-order valence-corrected chi connectivity index (χ0v) is 13.6. The van der Waals surface area contributed by atoms with Gasteiger partial charge >= 0.3 is 0 Å². The molecule has 0 aliphatic carbocycles. The minimum absolute atomic E-state index is 0.395. The molecule has 0 radical (unpaired) electrons. The van der Waals surface area contributed by atoms with E-state index in [0.29, 0.717) is 13.2 Å². The largest absolute Gasteiger partial charge is 0.389 e. The molecule has 118 valence electrons. The molecule has 0 aromatic heterocycles. The molecule has 1 N–H and O–H groups in total. The molecule has 1 aromatic carbocycles. The fraction of sp³-hybridized carbons (Fsp3) is 0.667. The van der Waals surface area contributed by atoms with Crippen molar-refractivity contribution in [2.75, 3.05) is 26.2 Å². The number of hydrogen-bond acceptors (Lipinski definition) is 3. The van der Waals surface area contributed by atoms with Gasteiger partial charge in [0.05, 0.1) is 19.3 Å². The van der Waals surface area contributed by atoms with E-state index in [0.717, 1.165) is 37.0 Å². The molecule has 0 saturated carbocycles. The van der Waals surface area contributed by atoms with Gasteiger partial charge < -0.3 is 14.7 Å². The summed E-state index contributed by atoms with van der Waals surface area (Å²) >= 11 is 0. The number of nitrogens with zero attached hydrogens (tertiary/aromatic N) is 1. The van der Waals surface area contributed by atoms with Gasteiger partial charge in [-0.2, -0.15) is 0 Å². The van der Waals surface area contributed by atoms with Crippen LogP contribution >= 0.6 is 0 Å². The van der Waals surface area contributed by atoms with Gasteiger partial charge in [-0.15, -0.1) is 0 Å². The summed E-state index contributed by atoms with van der Waals surface area (Å²) in [5.74, 6) is 1.46. The lowest BCUT2D eigenvalue weighted by molar-refractivity contribution is -0.000895. The minimum Gasteiger partial charge on any atom is -0.389 e. The van der Waals surface area contributed by atoms with Crippen LogP contribution in [0.15, 0.2) is 24.3 Å². The van der Waals surface area contributed by atoms with Crippen molar-refractivity contribution in [1.29, 1.82) is 0 Å². The van der Waals surface area contributed by atoms with Crippen LogP contribution in [0.1, 0.15) is 31.4 Å². The molecule has 1 aromatic rings. The Morgan fingerprint density at radius 3 is 2.43 bits per heavy atom. The van der Waals surface area contributed by atoms with Gasteiger partial charge in [-0.1, -0.05) is 43.7 Å². The zero-order valence-electron chi connectivity index (χ0n) is 13.6. The minimum atomic E-state index is -0.395. The molecule has 3 atom stereocenters. The maximum Gasteiger partial charge on any atom is 0.0900 e. The van der Waals surface area contributed by atoms with Crippen LogP contribution in [0.4, 0.5) is 0 Å². The molecule has 1 aliphatic rings. The fourth-order valence-corrected chi connectivity index (χ4v) is 3.29. The van der Waals surface area contributed by atoms with Crippen LogP contribution in [0.5, 0.6) is 0 Å². The van der Waals surface area contributed by atoms with Gasteiger partial charge in [0.2, 0.25) is 0 Å². The molecule has 1 heterocycles. The van der Waals surface area contributed by atoms with Crippen LogP contribution in [-0.2, 0) is 11.3 Å². The SMILES string of the molecule is Cc1ccc(COCC(O)CN2CC(C)CC(C)C2)cc1. The first-order chi connectivity index (χ1) is 10.0. The summed E-state index contributed by atoms with van der Waals surface area (Å²) < 4.78 is 5.64. The quantitative estimate of drug-likeness (QED) is 0.875. The average Bonchev–Trinajstić information content (AvgIpc) is 2.39. The molecule has 0 spiro atoms. The summed E-state index contributed by atoms with van der Waals surface area (Å²) in [6.07, 6.45) is 0.907. The van der Waals surface area contributed by atoms with Gasteiger partial charge in [-0.3, -0.25) is 0 Å². The van der Waals surface area contributed by atoms with Crippen molar-refractivity contribution >= 4 is 0 Å². The molecule has 21 heavy (non-hydrogen) atoms. The second-order valence-electron chi connectivity index (χ2n) is 6.82. The molecule has 0 bridgehead atoms. The Hall–Kier alpha value is -0.900. The van der Waals surface area contributed by atoms with Crippen LogP contribution < -0.4 is 0 Å². The summed E-state index contributed by atoms with van der Waals surface area (Å²) in [6, 6.07) is 8.34. The summed E-state index contributed by atoms with van der Waals surface area (Å²) in [5, 5.41) is 10.1. The molecule has 1 aliphatic heterocycles. The van der Waals surface area contributed by atoms with Crippen LogP contribution in [0.25, 0.3) is 0 Å². The van der Waals surface area contributed by atoms with Gasteiger partial charge in [-0.25, -0.2) is 0 Å². The molecule has 3 nitrogen and oxygen atoms in total. The van der Waals surface area contributed by atoms with Gasteiger partial charge in [0.1, 0.15) is 0 Å². The Labute approximate surface area is 128 Å². The number of β-amino-alcohol motifs (C(OH)–C–C–N with tert-alkyl or cyclic N) is 1. The molecule has 1 saturated heterocycles. The van der Waals surface area contributed by atoms with Gasteiger partial charge in [-0.05, 0) is 30.7 Å². The normalized spacial score (nSPS) is 25.0. The second kappa shape index (κ2) is 7.92. The second-order valence-corrected chi connectivity index (χ2v) is 6.82. The highest BCUT2D eigenvalue weighted by Gasteiger charge is 2.23. The van der Waals surface area contributed by atoms with Crippen LogP contribution in [0.3, 0.4) is 0 Å². The number of hydrogen-bond donors (Lipinski definition) is 1. The lowest BCUT2D eigenvalue weighted by Gasteiger charge is -2.35. The lowest BCUT2D eigenvalue weighted by Crippen LogP contribution is -2.43. The van der Waals surface area contributed by atoms with E-state index in [1.165, 1.54) is 12.0 Å². The highest BCUT2D eigenvalue weighted by molar-refractivity contribution is 5.20. The van der Waals surface area contributed by atoms with Crippen molar-refractivity contribution in [2.45, 2.75) is 39.9 Å². The van der Waals surface area contributed by atoms with Gasteiger partial charge in [0.15, 0.2) is 0 Å². The van der Waals surface area contributed by atoms with Crippen molar-refractivity contribution < 1.29 is 9.84 Å². The third-order valence-electron chi connectivity index (χ3n) is 4.11. The van der Waals surface area contributed by atoms with Crippen molar-refractivity contribution in [2.24, 2.45) is 11.8 Å². The zero-order chi connectivity index (χ0) is 15.2. The highest BCUT2D eigenvalue weighted by Crippen LogP contribution is 2.20. The fourth-order valence-electron chi connectivity index (χ4n) is 3.29. The maximum atomic E-state index is 10.1. The predicted octanol–water partition coefficient (Wildman–Crippen LogP) is 2.85. The molecule has 0 amide bonds. The molecule has 3 unspecified atom stereocenters. The average molecular weight is 291 g/mol. The third kappa shape index (κ3) is 5.77. The van der Waals surface area contributed by atoms with E-state index in [2.05, 4.69) is 49.9 Å². The Balaban J connectivity index is 1.67. The number of aliphatic hydroxyl groups is 1. The van der Waals surface area contributed by atoms with E-state index in [9.17, 15) is 5.11 Å². The summed E-state index contributed by atoms with van der Waals surface area (Å²) in [6.45, 7) is 10.6. The van der Waals surface area contributed by atoms with E-state index in [-0.39, 0.29) is 0 Å². The number of aliphatic hydroxyl groups excluding tert-OH is 1. The third-order valence-corrected chi connectivity index (χ3v) is 4.11. The first-order valence-corrected chi connectivity index (χ1v) is 8.06. The van der Waals surface area contributed by atoms with E-state index in [1.807, 2.05) is 0 Å². The Morgan fingerprint density at radius 1 is 1.19 bits per heavy atom. The van der Waals surface area contributed by atoms with Gasteiger partial charge in [0, 0.05) is 19.6 Å². The van der Waals surface area contributed by atoms with Gasteiger partial charge in [0.25, 0.3) is 0 Å². The topological polar surface area (TPSA) is 32.7 Å². The number of aryl methyl sites for hydroxylation is 1. The summed E-state index contributed by atoms with van der Waals surface area (Å²) in [4.78, 5) is 2.37. The summed E-state index contributed by atoms with van der Waals surface area (Å²) in [5.41, 5.74) is 2.42. The molecular weight excluding hydrogens is 262 g/mol. The molecule has 1 fully saturated rings. The van der Waals surface area contributed by atoms with Crippen molar-refractivity contribution in [1.82, 2.24) is 4.90 Å². The Kier molecular flexibility index (Phi) is 6.22. The van der Waals surface area contributed by atoms with Crippen molar-refractivity contribution in [3.63, 3.8) is 0 Å². The van der Waals surface area contributed by atoms with Crippen LogP contribution in [0, 0.1) is 18.8 Å². The van der Waals surface area contributed by atoms with Crippen molar-refractivity contribution in [3.05, 3.63) is 35.4 Å². The van der Waals surface area contributed by atoms with Crippen molar-refractivity contribution in [3.8, 4) is 0 Å². The highest BCUT2D eigenvalue weighted by atomic mass is 16.5.